The Bertz CT molecular complexity index is 1690. The van der Waals surface area contributed by atoms with Gasteiger partial charge in [0.2, 0.25) is 0 Å². The van der Waals surface area contributed by atoms with E-state index >= 15 is 0 Å². The monoisotopic (exact) mass is 579 g/mol. The lowest BCUT2D eigenvalue weighted by molar-refractivity contribution is 0.0696. The number of rotatable bonds is 9. The molecule has 0 saturated carbocycles. The highest BCUT2D eigenvalue weighted by molar-refractivity contribution is 7.93. The van der Waals surface area contributed by atoms with Gasteiger partial charge in [-0.25, -0.2) is 26.6 Å². The molecule has 0 atom stereocenters. The van der Waals surface area contributed by atoms with Gasteiger partial charge in [-0.15, -0.1) is 11.3 Å². The third kappa shape index (κ3) is 5.85. The van der Waals surface area contributed by atoms with E-state index in [1.54, 1.807) is 29.6 Å². The Kier molecular flexibility index (Phi) is 7.41. The highest BCUT2D eigenvalue weighted by atomic mass is 35.5. The first-order valence-electron chi connectivity index (χ1n) is 10.3. The maximum Gasteiger partial charge on any atom is 0.335 e. The lowest BCUT2D eigenvalue weighted by Gasteiger charge is -2.12. The molecule has 0 saturated heterocycles. The van der Waals surface area contributed by atoms with Crippen LogP contribution in [0.1, 0.15) is 10.4 Å². The van der Waals surface area contributed by atoms with Gasteiger partial charge in [0.15, 0.2) is 5.13 Å². The van der Waals surface area contributed by atoms with Crippen molar-refractivity contribution in [3.8, 4) is 17.0 Å². The van der Waals surface area contributed by atoms with Crippen LogP contribution in [0.4, 0.5) is 10.8 Å². The quantitative estimate of drug-likeness (QED) is 0.256. The number of ether oxygens (including phenoxy) is 1. The number of hydrogen-bond donors (Lipinski definition) is 3. The van der Waals surface area contributed by atoms with Crippen molar-refractivity contribution in [3.63, 3.8) is 0 Å². The summed E-state index contributed by atoms with van der Waals surface area (Å²) < 4.78 is 61.7. The molecule has 1 aromatic heterocycles. The zero-order valence-corrected chi connectivity index (χ0v) is 22.1. The maximum absolute atomic E-state index is 13.0. The molecule has 0 spiro atoms. The first-order chi connectivity index (χ1) is 17.5. The van der Waals surface area contributed by atoms with E-state index in [2.05, 4.69) is 14.4 Å². The first-order valence-corrected chi connectivity index (χ1v) is 14.5. The Balaban J connectivity index is 1.63. The van der Waals surface area contributed by atoms with E-state index in [-0.39, 0.29) is 31.9 Å². The third-order valence-electron chi connectivity index (χ3n) is 5.00. The fourth-order valence-electron chi connectivity index (χ4n) is 3.25. The van der Waals surface area contributed by atoms with Gasteiger partial charge in [-0.3, -0.25) is 9.44 Å². The van der Waals surface area contributed by atoms with Crippen molar-refractivity contribution in [1.29, 1.82) is 0 Å². The van der Waals surface area contributed by atoms with E-state index in [0.717, 1.165) is 17.4 Å². The maximum atomic E-state index is 13.0. The number of nitrogens with zero attached hydrogens (tertiary/aromatic N) is 1. The molecule has 10 nitrogen and oxygen atoms in total. The van der Waals surface area contributed by atoms with Gasteiger partial charge in [0.25, 0.3) is 20.0 Å². The van der Waals surface area contributed by atoms with Crippen molar-refractivity contribution in [2.24, 2.45) is 0 Å². The predicted octanol–water partition coefficient (Wildman–Crippen LogP) is 4.77. The summed E-state index contributed by atoms with van der Waals surface area (Å²) in [7, 11) is -6.95. The minimum atomic E-state index is -4.27. The van der Waals surface area contributed by atoms with E-state index in [9.17, 15) is 26.7 Å². The summed E-state index contributed by atoms with van der Waals surface area (Å²) >= 11 is 6.81. The molecule has 37 heavy (non-hydrogen) atoms. The van der Waals surface area contributed by atoms with Crippen LogP contribution in [0, 0.1) is 0 Å². The molecule has 14 heteroatoms. The number of carboxylic acids is 1. The van der Waals surface area contributed by atoms with Crippen LogP contribution in [0.5, 0.6) is 5.75 Å². The molecule has 0 aliphatic heterocycles. The number of methoxy groups -OCH3 is 1. The van der Waals surface area contributed by atoms with Gasteiger partial charge >= 0.3 is 5.97 Å². The Labute approximate surface area is 221 Å². The Hall–Kier alpha value is -3.65. The Morgan fingerprint density at radius 1 is 0.973 bits per heavy atom. The molecule has 0 radical (unpaired) electrons. The van der Waals surface area contributed by atoms with Crippen LogP contribution in [0.15, 0.2) is 81.9 Å². The molecular weight excluding hydrogens is 562 g/mol. The Morgan fingerprint density at radius 2 is 1.68 bits per heavy atom. The summed E-state index contributed by atoms with van der Waals surface area (Å²) in [5.41, 5.74) is 0.714. The van der Waals surface area contributed by atoms with E-state index < -0.39 is 26.0 Å². The third-order valence-corrected chi connectivity index (χ3v) is 8.88. The summed E-state index contributed by atoms with van der Waals surface area (Å²) in [5.74, 6) is -1.34. The number of sulfonamides is 2. The number of anilines is 2. The molecule has 0 amide bonds. The van der Waals surface area contributed by atoms with E-state index in [1.807, 2.05) is 0 Å². The van der Waals surface area contributed by atoms with Crippen LogP contribution in [0.25, 0.3) is 11.3 Å². The van der Waals surface area contributed by atoms with E-state index in [0.29, 0.717) is 16.3 Å². The number of hydrogen-bond acceptors (Lipinski definition) is 8. The van der Waals surface area contributed by atoms with Crippen LogP contribution in [-0.4, -0.2) is 40.0 Å². The summed E-state index contributed by atoms with van der Waals surface area (Å²) in [6, 6.07) is 15.6. The van der Waals surface area contributed by atoms with Crippen molar-refractivity contribution < 1.29 is 31.5 Å². The number of aromatic nitrogens is 1. The molecule has 3 N–H and O–H groups in total. The molecule has 0 bridgehead atoms. The molecule has 1 heterocycles. The van der Waals surface area contributed by atoms with Gasteiger partial charge in [0, 0.05) is 16.0 Å². The Morgan fingerprint density at radius 3 is 2.35 bits per heavy atom. The summed E-state index contributed by atoms with van der Waals surface area (Å²) in [6.45, 7) is 0. The lowest BCUT2D eigenvalue weighted by Crippen LogP contribution is -2.15. The van der Waals surface area contributed by atoms with E-state index in [4.69, 9.17) is 16.3 Å². The number of benzene rings is 3. The van der Waals surface area contributed by atoms with Crippen LogP contribution in [0.3, 0.4) is 0 Å². The zero-order valence-electron chi connectivity index (χ0n) is 18.9. The predicted molar refractivity (Wildman–Crippen MR) is 141 cm³/mol. The largest absolute Gasteiger partial charge is 0.495 e. The first kappa shape index (κ1) is 26.4. The lowest BCUT2D eigenvalue weighted by atomic mass is 10.1. The van der Waals surface area contributed by atoms with Gasteiger partial charge in [-0.05, 0) is 48.5 Å². The number of carboxylic acid groups (broad SMARTS) is 1. The molecule has 0 unspecified atom stereocenters. The van der Waals surface area contributed by atoms with Crippen LogP contribution in [0.2, 0.25) is 5.02 Å². The molecule has 192 valence electrons. The molecule has 4 aromatic rings. The average Bonchev–Trinajstić information content (AvgIpc) is 3.31. The van der Waals surface area contributed by atoms with Crippen LogP contribution >= 0.6 is 22.9 Å². The molecule has 0 aliphatic rings. The number of aromatic carboxylic acids is 1. The van der Waals surface area contributed by atoms with Crippen molar-refractivity contribution >= 4 is 59.8 Å². The second kappa shape index (κ2) is 10.4. The van der Waals surface area contributed by atoms with Crippen molar-refractivity contribution in [3.05, 3.63) is 82.7 Å². The second-order valence-corrected chi connectivity index (χ2v) is 12.0. The fraction of sp³-hybridized carbons (Fsp3) is 0.0435. The molecule has 3 aromatic carbocycles. The number of nitrogens with one attached hydrogen (secondary N) is 2. The van der Waals surface area contributed by atoms with Gasteiger partial charge in [-0.2, -0.15) is 0 Å². The minimum absolute atomic E-state index is 0.0102. The zero-order chi connectivity index (χ0) is 26.8. The summed E-state index contributed by atoms with van der Waals surface area (Å²) in [5, 5.41) is 11.2. The fourth-order valence-corrected chi connectivity index (χ4v) is 6.61. The van der Waals surface area contributed by atoms with Crippen molar-refractivity contribution in [1.82, 2.24) is 4.98 Å². The summed E-state index contributed by atoms with van der Waals surface area (Å²) in [6.07, 6.45) is 0. The molecular formula is C23H18ClN3O7S3. The number of thiazole rings is 1. The second-order valence-electron chi connectivity index (χ2n) is 7.42. The normalized spacial score (nSPS) is 11.6. The number of carbonyl (C=O) groups is 1. The highest BCUT2D eigenvalue weighted by Gasteiger charge is 2.24. The summed E-state index contributed by atoms with van der Waals surface area (Å²) in [4.78, 5) is 15.2. The smallest absolute Gasteiger partial charge is 0.335 e. The van der Waals surface area contributed by atoms with Gasteiger partial charge < -0.3 is 9.84 Å². The number of para-hydroxylation sites is 1. The van der Waals surface area contributed by atoms with Gasteiger partial charge in [0.05, 0.1) is 29.0 Å². The van der Waals surface area contributed by atoms with Crippen molar-refractivity contribution in [2.45, 2.75) is 9.79 Å². The minimum Gasteiger partial charge on any atom is -0.495 e. The highest BCUT2D eigenvalue weighted by Crippen LogP contribution is 2.34. The SMILES string of the molecule is COc1ccc(C(=O)O)cc1S(=O)(=O)Nc1nc(-c2ccccc2NS(=O)(=O)c2ccc(Cl)cc2)cs1. The topological polar surface area (TPSA) is 152 Å². The molecule has 4 rings (SSSR count). The van der Waals surface area contributed by atoms with E-state index in [1.165, 1.54) is 43.5 Å². The van der Waals surface area contributed by atoms with Crippen molar-refractivity contribution in [2.75, 3.05) is 16.6 Å². The standard InChI is InChI=1S/C23H18ClN3O7S3/c1-34-20-11-6-14(22(28)29)12-21(20)37(32,33)27-23-25-19(13-35-23)17-4-2-3-5-18(17)26-36(30,31)16-9-7-15(24)8-10-16/h2-13,26H,1H3,(H,25,27)(H,28,29). The molecule has 0 fully saturated rings. The van der Waals surface area contributed by atoms with Crippen LogP contribution in [-0.2, 0) is 20.0 Å². The number of halogens is 1. The average molecular weight is 580 g/mol. The van der Waals surface area contributed by atoms with Gasteiger partial charge in [0.1, 0.15) is 10.6 Å². The van der Waals surface area contributed by atoms with Crippen LogP contribution < -0.4 is 14.2 Å². The molecule has 0 aliphatic carbocycles. The van der Waals surface area contributed by atoms with Gasteiger partial charge in [-0.1, -0.05) is 29.8 Å².